The Bertz CT molecular complexity index is 4130. The Morgan fingerprint density at radius 1 is 0.500 bits per heavy atom. The number of unbranched alkanes of at least 4 members (excludes halogenated alkanes) is 20. The zero-order valence-corrected chi connectivity index (χ0v) is 62.3. The fraction of sp³-hybridized carbons (Fsp3) is 0.494. The summed E-state index contributed by atoms with van der Waals surface area (Å²) in [6, 6.07) is 17.3. The number of halogens is 4. The Hall–Kier alpha value is -7.38. The number of carbonyl (C=O) groups excluding carboxylic acids is 2. The predicted molar refractivity (Wildman–Crippen MR) is 402 cm³/mol. The molecule has 0 fully saturated rings. The van der Waals surface area contributed by atoms with Crippen molar-refractivity contribution in [2.45, 2.75) is 240 Å². The first-order chi connectivity index (χ1) is 48.6. The van der Waals surface area contributed by atoms with E-state index in [4.69, 9.17) is 20.8 Å². The van der Waals surface area contributed by atoms with Crippen LogP contribution in [0.15, 0.2) is 70.9 Å². The van der Waals surface area contributed by atoms with E-state index in [0.29, 0.717) is 34.5 Å². The number of hydrogen-bond donors (Lipinski definition) is 0. The molecular formula is C83H94F4N4O5S4. The minimum absolute atomic E-state index is 0.0147. The van der Waals surface area contributed by atoms with Gasteiger partial charge in [-0.2, -0.15) is 10.5 Å². The Balaban J connectivity index is 1.20. The molecule has 2 aliphatic carbocycles. The highest BCUT2D eigenvalue weighted by molar-refractivity contribution is 7.29. The molecule has 0 saturated carbocycles. The third kappa shape index (κ3) is 18.3. The van der Waals surface area contributed by atoms with Crippen molar-refractivity contribution in [2.75, 3.05) is 13.2 Å². The number of ketones is 2. The van der Waals surface area contributed by atoms with Gasteiger partial charge in [0.2, 0.25) is 0 Å². The Morgan fingerprint density at radius 3 is 1.32 bits per heavy atom. The number of allylic oxidation sites excluding steroid dienone is 6. The van der Waals surface area contributed by atoms with Gasteiger partial charge >= 0.3 is 0 Å². The first kappa shape index (κ1) is 76.8. The van der Waals surface area contributed by atoms with Crippen LogP contribution in [0.1, 0.15) is 281 Å². The van der Waals surface area contributed by atoms with Gasteiger partial charge in [-0.3, -0.25) is 9.59 Å². The van der Waals surface area contributed by atoms with Gasteiger partial charge in [0, 0.05) is 59.7 Å². The first-order valence-corrected chi connectivity index (χ1v) is 40.0. The van der Waals surface area contributed by atoms with Crippen LogP contribution in [0.2, 0.25) is 0 Å². The van der Waals surface area contributed by atoms with Crippen molar-refractivity contribution in [3.05, 3.63) is 143 Å². The van der Waals surface area contributed by atoms with Crippen LogP contribution in [0.5, 0.6) is 17.2 Å². The number of ether oxygens (including phenoxy) is 3. The standard InChI is InChI=1S/C83H94F4N4O5S4/c1-8-14-18-20-22-24-26-28-30-32-36-83(37-33-31-29-27-25-23-21-19-15-9-2)64-46-73(80-70(94-51-53(12-5)34-16-10-3)40-56(97-80)38-62-75(55(48-88)49-89)58-42-65(84)67(86)44-60(58)77(62)92)99-79(64)82-72(96-83)47-74(100-82)81-71(95-52-54(13-6)35-17-11-4)41-57(98-81)39-63-76(69(50-90)91-7)59-43-66(85)68(87)45-61(59)78(63)93/h38-47,53-54H,8-37,51-52H2,1-6H3/b62-38-,63-39-,76-69+. The van der Waals surface area contributed by atoms with Gasteiger partial charge in [0.15, 0.2) is 34.8 Å². The SMILES string of the molecule is [C-]#[N+]/C(C#N)=C1/C(=C/c2cc(OCC(CC)CCCC)c(-c3cc4c(s3)-c3sc(-c5sc(/C=C6\C(=O)c7cc(F)c(F)cc7C6=C(C#N)C#N)cc5OCC(CC)CCCC)cc3C(CCCCCCCCCCCC)(CCCCCCCCCCCC)O4)s2)C(=O)c2cc(F)c(F)cc21. The second kappa shape index (κ2) is 37.5. The molecule has 2 aromatic carbocycles. The first-order valence-electron chi connectivity index (χ1n) is 36.7. The number of fused-ring (bicyclic) bond motifs is 5. The Kier molecular flexibility index (Phi) is 28.8. The monoisotopic (exact) mass is 1430 g/mol. The van der Waals surface area contributed by atoms with E-state index in [2.05, 4.69) is 58.5 Å². The zero-order valence-electron chi connectivity index (χ0n) is 59.0. The molecule has 0 radical (unpaired) electrons. The van der Waals surface area contributed by atoms with E-state index in [-0.39, 0.29) is 56.4 Å². The molecule has 9 rings (SSSR count). The topological polar surface area (TPSA) is 138 Å². The number of Topliss-reactive ketones (excluding diaryl/α,β-unsaturated/α-hetero) is 2. The summed E-state index contributed by atoms with van der Waals surface area (Å²) in [6.07, 6.45) is 36.2. The molecule has 4 aromatic heterocycles. The molecule has 0 saturated heterocycles. The maximum absolute atomic E-state index is 15.0. The van der Waals surface area contributed by atoms with Gasteiger partial charge in [-0.15, -0.1) is 45.3 Å². The lowest BCUT2D eigenvalue weighted by molar-refractivity contribution is 0.0398. The van der Waals surface area contributed by atoms with Crippen molar-refractivity contribution < 1.29 is 41.4 Å². The van der Waals surface area contributed by atoms with E-state index < -0.39 is 51.7 Å². The van der Waals surface area contributed by atoms with E-state index in [1.165, 1.54) is 113 Å². The van der Waals surface area contributed by atoms with E-state index in [1.807, 2.05) is 30.3 Å². The molecule has 1 aliphatic heterocycles. The quantitative estimate of drug-likeness (QED) is 0.0122. The second-order valence-electron chi connectivity index (χ2n) is 27.1. The van der Waals surface area contributed by atoms with Gasteiger partial charge in [-0.05, 0) is 116 Å². The highest BCUT2D eigenvalue weighted by atomic mass is 32.1. The number of nitrogens with zero attached hydrogens (tertiary/aromatic N) is 4. The number of benzene rings is 2. The van der Waals surface area contributed by atoms with Gasteiger partial charge < -0.3 is 14.2 Å². The molecule has 2 unspecified atom stereocenters. The van der Waals surface area contributed by atoms with E-state index in [1.54, 1.807) is 34.8 Å². The highest BCUT2D eigenvalue weighted by Crippen LogP contribution is 2.61. The summed E-state index contributed by atoms with van der Waals surface area (Å²) in [5.74, 6) is -3.66. The fourth-order valence-electron chi connectivity index (χ4n) is 14.0. The third-order valence-electron chi connectivity index (χ3n) is 19.9. The maximum Gasteiger partial charge on any atom is 0.270 e. The van der Waals surface area contributed by atoms with Gasteiger partial charge in [-0.1, -0.05) is 196 Å². The van der Waals surface area contributed by atoms with Gasteiger partial charge in [0.25, 0.3) is 5.70 Å². The average Bonchev–Trinajstić information content (AvgIpc) is 1.58. The van der Waals surface area contributed by atoms with E-state index in [0.717, 1.165) is 168 Å². The molecule has 3 aliphatic rings. The molecule has 528 valence electrons. The molecule has 0 amide bonds. The minimum atomic E-state index is -1.21. The van der Waals surface area contributed by atoms with E-state index in [9.17, 15) is 38.5 Å². The van der Waals surface area contributed by atoms with Crippen molar-refractivity contribution in [1.82, 2.24) is 0 Å². The van der Waals surface area contributed by atoms with Crippen molar-refractivity contribution in [2.24, 2.45) is 11.8 Å². The van der Waals surface area contributed by atoms with Crippen LogP contribution in [-0.4, -0.2) is 24.8 Å². The second-order valence-corrected chi connectivity index (χ2v) is 31.3. The molecule has 0 spiro atoms. The number of nitriles is 3. The molecule has 5 heterocycles. The Morgan fingerprint density at radius 2 is 0.900 bits per heavy atom. The number of hydrogen-bond acceptors (Lipinski definition) is 12. The largest absolute Gasteiger partial charge is 0.492 e. The summed E-state index contributed by atoms with van der Waals surface area (Å²) < 4.78 is 81.5. The zero-order chi connectivity index (χ0) is 71.3. The summed E-state index contributed by atoms with van der Waals surface area (Å²) in [6.45, 7) is 22.0. The van der Waals surface area contributed by atoms with Crippen LogP contribution < -0.4 is 14.2 Å². The Labute approximate surface area is 606 Å². The van der Waals surface area contributed by atoms with Crippen LogP contribution in [0.4, 0.5) is 17.6 Å². The molecular weight excluding hydrogens is 1340 g/mol. The summed E-state index contributed by atoms with van der Waals surface area (Å²) in [4.78, 5) is 38.7. The smallest absolute Gasteiger partial charge is 0.270 e. The average molecular weight is 1430 g/mol. The van der Waals surface area contributed by atoms with Gasteiger partial charge in [0.1, 0.15) is 40.6 Å². The lowest BCUT2D eigenvalue weighted by atomic mass is 9.81. The van der Waals surface area contributed by atoms with Gasteiger partial charge in [0.05, 0.1) is 50.2 Å². The third-order valence-corrected chi connectivity index (χ3v) is 24.8. The molecule has 6 aromatic rings. The number of thiophene rings is 4. The molecule has 9 nitrogen and oxygen atoms in total. The fourth-order valence-corrected chi connectivity index (χ4v) is 18.8. The van der Waals surface area contributed by atoms with Crippen molar-refractivity contribution >= 4 is 80.2 Å². The normalized spacial score (nSPS) is 15.4. The van der Waals surface area contributed by atoms with Crippen molar-refractivity contribution in [1.29, 1.82) is 15.8 Å². The summed E-state index contributed by atoms with van der Waals surface area (Å²) in [5, 5.41) is 30.7. The molecule has 17 heteroatoms. The van der Waals surface area contributed by atoms with Crippen LogP contribution in [0.3, 0.4) is 0 Å². The van der Waals surface area contributed by atoms with Crippen LogP contribution in [0, 0.1) is 75.7 Å². The summed E-state index contributed by atoms with van der Waals surface area (Å²) in [7, 11) is 0. The van der Waals surface area contributed by atoms with Crippen molar-refractivity contribution in [3.63, 3.8) is 0 Å². The summed E-state index contributed by atoms with van der Waals surface area (Å²) in [5.41, 5.74) is -0.908. The van der Waals surface area contributed by atoms with Crippen LogP contribution in [-0.2, 0) is 5.60 Å². The molecule has 0 bridgehead atoms. The number of rotatable bonds is 40. The molecule has 0 N–H and O–H groups in total. The summed E-state index contributed by atoms with van der Waals surface area (Å²) >= 11 is 6.03. The maximum atomic E-state index is 15.0. The lowest BCUT2D eigenvalue weighted by Crippen LogP contribution is -2.35. The highest BCUT2D eigenvalue weighted by Gasteiger charge is 2.44. The predicted octanol–water partition coefficient (Wildman–Crippen LogP) is 26.4. The van der Waals surface area contributed by atoms with Crippen LogP contribution >= 0.6 is 45.3 Å². The van der Waals surface area contributed by atoms with Gasteiger partial charge in [-0.25, -0.2) is 27.7 Å². The van der Waals surface area contributed by atoms with Crippen LogP contribution in [0.25, 0.3) is 57.4 Å². The minimum Gasteiger partial charge on any atom is -0.492 e. The molecule has 2 atom stereocenters. The van der Waals surface area contributed by atoms with Crippen molar-refractivity contribution in [3.8, 4) is 64.7 Å². The number of carbonyl (C=O) groups is 2. The van der Waals surface area contributed by atoms with E-state index >= 15 is 4.39 Å². The lowest BCUT2D eigenvalue weighted by Gasteiger charge is -2.38. The molecule has 100 heavy (non-hydrogen) atoms.